The summed E-state index contributed by atoms with van der Waals surface area (Å²) in [6.45, 7) is 1.50. The molecule has 31 heavy (non-hydrogen) atoms. The average molecular weight is 440 g/mol. The number of ether oxygens (including phenoxy) is 1. The molecule has 0 aromatic heterocycles. The summed E-state index contributed by atoms with van der Waals surface area (Å²) in [5.74, 6) is -0.910. The van der Waals surface area contributed by atoms with Gasteiger partial charge in [0, 0.05) is 11.3 Å². The van der Waals surface area contributed by atoms with Crippen molar-refractivity contribution < 1.29 is 18.7 Å². The van der Waals surface area contributed by atoms with E-state index in [-0.39, 0.29) is 12.2 Å². The van der Waals surface area contributed by atoms with Gasteiger partial charge in [-0.3, -0.25) is 9.59 Å². The smallest absolute Gasteiger partial charge is 0.277 e. The molecule has 158 valence electrons. The summed E-state index contributed by atoms with van der Waals surface area (Å²) in [5.41, 5.74) is 4.50. The third-order valence-corrected chi connectivity index (χ3v) is 4.50. The number of rotatable bonds is 7. The van der Waals surface area contributed by atoms with Crippen molar-refractivity contribution in [1.82, 2.24) is 5.43 Å². The van der Waals surface area contributed by atoms with E-state index in [1.54, 1.807) is 55.5 Å². The molecule has 6 nitrogen and oxygen atoms in total. The maximum atomic E-state index is 13.3. The molecule has 0 spiro atoms. The predicted molar refractivity (Wildman–Crippen MR) is 118 cm³/mol. The monoisotopic (exact) mass is 439 g/mol. The van der Waals surface area contributed by atoms with E-state index in [2.05, 4.69) is 15.8 Å². The third kappa shape index (κ3) is 6.38. The summed E-state index contributed by atoms with van der Waals surface area (Å²) in [5, 5.41) is 7.16. The highest BCUT2D eigenvalue weighted by Crippen LogP contribution is 2.22. The lowest BCUT2D eigenvalue weighted by Crippen LogP contribution is -2.25. The van der Waals surface area contributed by atoms with Gasteiger partial charge in [-0.15, -0.1) is 0 Å². The Morgan fingerprint density at radius 2 is 1.74 bits per heavy atom. The molecule has 2 amide bonds. The molecular formula is C23H19ClFN3O3. The molecule has 0 saturated carbocycles. The SMILES string of the molecule is C/C(=N/NC(=O)COc1ccccc1Cl)c1ccc(NC(=O)c2cccc(F)c2)cc1. The van der Waals surface area contributed by atoms with Gasteiger partial charge in [-0.05, 0) is 55.0 Å². The quantitative estimate of drug-likeness (QED) is 0.415. The van der Waals surface area contributed by atoms with Gasteiger partial charge < -0.3 is 10.1 Å². The lowest BCUT2D eigenvalue weighted by Gasteiger charge is -2.08. The Hall–Kier alpha value is -3.71. The summed E-state index contributed by atoms with van der Waals surface area (Å²) in [4.78, 5) is 24.1. The average Bonchev–Trinajstić information content (AvgIpc) is 2.77. The van der Waals surface area contributed by atoms with Crippen molar-refractivity contribution in [2.75, 3.05) is 11.9 Å². The molecule has 8 heteroatoms. The topological polar surface area (TPSA) is 79.8 Å². The molecule has 2 N–H and O–H groups in total. The summed E-state index contributed by atoms with van der Waals surface area (Å²) in [7, 11) is 0. The highest BCUT2D eigenvalue weighted by Gasteiger charge is 2.08. The minimum atomic E-state index is -0.478. The van der Waals surface area contributed by atoms with Gasteiger partial charge in [-0.1, -0.05) is 41.9 Å². The minimum absolute atomic E-state index is 0.226. The maximum absolute atomic E-state index is 13.3. The number of carbonyl (C=O) groups excluding carboxylic acids is 2. The molecule has 0 aliphatic rings. The van der Waals surface area contributed by atoms with E-state index in [1.807, 2.05) is 0 Å². The molecule has 0 heterocycles. The second-order valence-electron chi connectivity index (χ2n) is 6.49. The molecule has 0 saturated heterocycles. The Labute approximate surface area is 183 Å². The number of anilines is 1. The van der Waals surface area contributed by atoms with Crippen molar-refractivity contribution in [2.45, 2.75) is 6.92 Å². The highest BCUT2D eigenvalue weighted by molar-refractivity contribution is 6.32. The molecule has 3 aromatic rings. The Morgan fingerprint density at radius 1 is 1.00 bits per heavy atom. The summed E-state index contributed by atoms with van der Waals surface area (Å²) in [6.07, 6.45) is 0. The lowest BCUT2D eigenvalue weighted by molar-refractivity contribution is -0.123. The molecule has 0 aliphatic carbocycles. The van der Waals surface area contributed by atoms with Gasteiger partial charge in [0.15, 0.2) is 6.61 Å². The van der Waals surface area contributed by atoms with Crippen LogP contribution in [0.3, 0.4) is 0 Å². The van der Waals surface area contributed by atoms with Crippen molar-refractivity contribution in [3.8, 4) is 5.75 Å². The normalized spacial score (nSPS) is 11.0. The highest BCUT2D eigenvalue weighted by atomic mass is 35.5. The van der Waals surface area contributed by atoms with Crippen LogP contribution in [-0.4, -0.2) is 24.1 Å². The van der Waals surface area contributed by atoms with Crippen LogP contribution in [0.15, 0.2) is 77.9 Å². The molecule has 0 aliphatic heterocycles. The van der Waals surface area contributed by atoms with Gasteiger partial charge in [-0.25, -0.2) is 9.82 Å². The number of carbonyl (C=O) groups is 2. The van der Waals surface area contributed by atoms with E-state index < -0.39 is 17.6 Å². The van der Waals surface area contributed by atoms with Gasteiger partial charge in [0.1, 0.15) is 11.6 Å². The Bertz CT molecular complexity index is 1120. The zero-order chi connectivity index (χ0) is 22.2. The number of amides is 2. The summed E-state index contributed by atoms with van der Waals surface area (Å²) >= 11 is 5.97. The fourth-order valence-corrected chi connectivity index (χ4v) is 2.77. The van der Waals surface area contributed by atoms with E-state index in [0.717, 1.165) is 5.56 Å². The first-order chi connectivity index (χ1) is 14.9. The van der Waals surface area contributed by atoms with Gasteiger partial charge >= 0.3 is 0 Å². The molecule has 3 aromatic carbocycles. The fourth-order valence-electron chi connectivity index (χ4n) is 2.58. The van der Waals surface area contributed by atoms with Gasteiger partial charge in [0.25, 0.3) is 11.8 Å². The van der Waals surface area contributed by atoms with Crippen molar-refractivity contribution in [2.24, 2.45) is 5.10 Å². The van der Waals surface area contributed by atoms with Crippen molar-refractivity contribution >= 4 is 34.8 Å². The van der Waals surface area contributed by atoms with Crippen LogP contribution in [0, 0.1) is 5.82 Å². The summed E-state index contributed by atoms with van der Waals surface area (Å²) in [6, 6.07) is 19.2. The largest absolute Gasteiger partial charge is 0.482 e. The fraction of sp³-hybridized carbons (Fsp3) is 0.0870. The van der Waals surface area contributed by atoms with Crippen LogP contribution < -0.4 is 15.5 Å². The van der Waals surface area contributed by atoms with Gasteiger partial charge in [0.2, 0.25) is 0 Å². The van der Waals surface area contributed by atoms with E-state index in [9.17, 15) is 14.0 Å². The molecular weight excluding hydrogens is 421 g/mol. The van der Waals surface area contributed by atoms with E-state index in [0.29, 0.717) is 22.2 Å². The number of benzene rings is 3. The van der Waals surface area contributed by atoms with E-state index in [1.165, 1.54) is 24.3 Å². The lowest BCUT2D eigenvalue weighted by atomic mass is 10.1. The van der Waals surface area contributed by atoms with Crippen molar-refractivity contribution in [3.05, 3.63) is 94.8 Å². The first-order valence-electron chi connectivity index (χ1n) is 9.30. The van der Waals surface area contributed by atoms with Gasteiger partial charge in [0.05, 0.1) is 10.7 Å². The van der Waals surface area contributed by atoms with Crippen LogP contribution in [0.2, 0.25) is 5.02 Å². The van der Waals surface area contributed by atoms with Crippen molar-refractivity contribution in [1.29, 1.82) is 0 Å². The number of halogens is 2. The minimum Gasteiger partial charge on any atom is -0.482 e. The Kier molecular flexibility index (Phi) is 7.35. The van der Waals surface area contributed by atoms with E-state index >= 15 is 0 Å². The van der Waals surface area contributed by atoms with Crippen LogP contribution in [-0.2, 0) is 4.79 Å². The molecule has 0 fully saturated rings. The number of nitrogens with zero attached hydrogens (tertiary/aromatic N) is 1. The Morgan fingerprint density at radius 3 is 2.45 bits per heavy atom. The first kappa shape index (κ1) is 22.0. The maximum Gasteiger partial charge on any atom is 0.277 e. The van der Waals surface area contributed by atoms with Crippen LogP contribution in [0.25, 0.3) is 0 Å². The standard InChI is InChI=1S/C23H19ClFN3O3/c1-15(27-28-22(29)14-31-21-8-3-2-7-20(21)24)16-9-11-19(12-10-16)26-23(30)17-5-4-6-18(25)13-17/h2-13H,14H2,1H3,(H,26,30)(H,28,29)/b27-15-. The van der Waals surface area contributed by atoms with Gasteiger partial charge in [-0.2, -0.15) is 5.10 Å². The van der Waals surface area contributed by atoms with Crippen LogP contribution in [0.5, 0.6) is 5.75 Å². The number of hydrogen-bond donors (Lipinski definition) is 2. The Balaban J connectivity index is 1.53. The zero-order valence-corrected chi connectivity index (χ0v) is 17.3. The number of hydrazone groups is 1. The second-order valence-corrected chi connectivity index (χ2v) is 6.90. The van der Waals surface area contributed by atoms with Crippen LogP contribution in [0.4, 0.5) is 10.1 Å². The number of nitrogens with one attached hydrogen (secondary N) is 2. The number of para-hydroxylation sites is 1. The number of hydrogen-bond acceptors (Lipinski definition) is 4. The summed E-state index contributed by atoms with van der Waals surface area (Å²) < 4.78 is 18.6. The molecule has 0 bridgehead atoms. The van der Waals surface area contributed by atoms with Crippen molar-refractivity contribution in [3.63, 3.8) is 0 Å². The first-order valence-corrected chi connectivity index (χ1v) is 9.68. The molecule has 0 radical (unpaired) electrons. The molecule has 3 rings (SSSR count). The molecule has 0 unspecified atom stereocenters. The third-order valence-electron chi connectivity index (χ3n) is 4.19. The predicted octanol–water partition coefficient (Wildman–Crippen LogP) is 4.65. The van der Waals surface area contributed by atoms with Crippen LogP contribution in [0.1, 0.15) is 22.8 Å². The van der Waals surface area contributed by atoms with E-state index in [4.69, 9.17) is 16.3 Å². The zero-order valence-electron chi connectivity index (χ0n) is 16.6. The van der Waals surface area contributed by atoms with Crippen LogP contribution >= 0.6 is 11.6 Å². The second kappa shape index (κ2) is 10.4. The molecule has 0 atom stereocenters.